The lowest BCUT2D eigenvalue weighted by Gasteiger charge is -2.36. The van der Waals surface area contributed by atoms with Crippen LogP contribution in [-0.4, -0.2) is 60.3 Å². The quantitative estimate of drug-likeness (QED) is 0.131. The maximum Gasteiger partial charge on any atom is 0.449 e. The molecular weight excluding hydrogens is 589 g/mol. The molecule has 43 heavy (non-hydrogen) atoms. The first kappa shape index (κ1) is 45.0. The number of ether oxygens (including phenoxy) is 1. The summed E-state index contributed by atoms with van der Waals surface area (Å²) in [6, 6.07) is 0. The highest BCUT2D eigenvalue weighted by Crippen LogP contribution is 2.28. The first-order valence-corrected chi connectivity index (χ1v) is 14.7. The molecule has 0 aliphatic carbocycles. The van der Waals surface area contributed by atoms with Gasteiger partial charge in [-0.25, -0.2) is 4.79 Å². The van der Waals surface area contributed by atoms with Gasteiger partial charge in [0.1, 0.15) is 5.60 Å². The van der Waals surface area contributed by atoms with Gasteiger partial charge in [0.05, 0.1) is 13.1 Å². The zero-order valence-electron chi connectivity index (χ0n) is 26.6. The van der Waals surface area contributed by atoms with E-state index >= 15 is 0 Å². The van der Waals surface area contributed by atoms with Gasteiger partial charge in [-0.1, -0.05) is 53.4 Å². The van der Waals surface area contributed by atoms with E-state index in [0.29, 0.717) is 6.54 Å². The van der Waals surface area contributed by atoms with Crippen molar-refractivity contribution in [3.63, 3.8) is 0 Å². The Bertz CT molecular complexity index is 788. The molecule has 0 aromatic carbocycles. The van der Waals surface area contributed by atoms with Gasteiger partial charge in [-0.15, -0.1) is 0 Å². The van der Waals surface area contributed by atoms with E-state index in [1.54, 1.807) is 0 Å². The maximum absolute atomic E-state index is 12.4. The van der Waals surface area contributed by atoms with Crippen LogP contribution in [0.5, 0.6) is 0 Å². The molecule has 0 saturated heterocycles. The molecular formula is C29H51F7N2O5. The molecule has 256 valence electrons. The van der Waals surface area contributed by atoms with Crippen molar-refractivity contribution in [2.75, 3.05) is 13.2 Å². The summed E-state index contributed by atoms with van der Waals surface area (Å²) >= 11 is 0. The van der Waals surface area contributed by atoms with Crippen molar-refractivity contribution < 1.29 is 54.6 Å². The van der Waals surface area contributed by atoms with E-state index in [9.17, 15) is 49.9 Å². The Hall–Kier alpha value is -2.41. The monoisotopic (exact) mass is 640 g/mol. The molecule has 0 aromatic rings. The zero-order chi connectivity index (χ0) is 34.3. The Kier molecular flexibility index (Phi) is 24.1. The average Bonchev–Trinajstić information content (AvgIpc) is 2.87. The van der Waals surface area contributed by atoms with Gasteiger partial charge in [0.2, 0.25) is 17.5 Å². The molecule has 2 amide bonds. The van der Waals surface area contributed by atoms with Gasteiger partial charge in [0, 0.05) is 24.9 Å². The van der Waals surface area contributed by atoms with Crippen LogP contribution in [0.25, 0.3) is 0 Å². The second-order valence-corrected chi connectivity index (χ2v) is 11.0. The highest BCUT2D eigenvalue weighted by atomic mass is 19.4. The zero-order valence-corrected chi connectivity index (χ0v) is 26.6. The first-order valence-electron chi connectivity index (χ1n) is 14.7. The molecule has 0 rings (SSSR count). The SMILES string of the molecule is CCC(=O)C(F)(F)F.CCCC(=O)C(F)(F)F.CCCCC(CCCC)(CCCNC(=O)CCF)NC(=O)OC(C)(C)C. The van der Waals surface area contributed by atoms with Crippen molar-refractivity contribution in [2.45, 2.75) is 149 Å². The van der Waals surface area contributed by atoms with Crippen LogP contribution in [0.3, 0.4) is 0 Å². The Morgan fingerprint density at radius 2 is 1.14 bits per heavy atom. The molecule has 0 spiro atoms. The van der Waals surface area contributed by atoms with Gasteiger partial charge in [0.25, 0.3) is 0 Å². The summed E-state index contributed by atoms with van der Waals surface area (Å²) in [5.74, 6) is -3.57. The number of hydrogen-bond donors (Lipinski definition) is 2. The number of alkyl carbamates (subject to hydrolysis) is 1. The highest BCUT2D eigenvalue weighted by Gasteiger charge is 2.37. The maximum atomic E-state index is 12.4. The fraction of sp³-hybridized carbons (Fsp3) is 0.862. The number of Topliss-reactive ketones (excluding diaryl/α,β-unsaturated/α-hetero) is 2. The van der Waals surface area contributed by atoms with Gasteiger partial charge in [-0.2, -0.15) is 26.3 Å². The molecule has 7 nitrogen and oxygen atoms in total. The summed E-state index contributed by atoms with van der Waals surface area (Å²) in [5, 5.41) is 5.87. The van der Waals surface area contributed by atoms with Crippen molar-refractivity contribution in [3.8, 4) is 0 Å². The van der Waals surface area contributed by atoms with E-state index in [4.69, 9.17) is 4.74 Å². The summed E-state index contributed by atoms with van der Waals surface area (Å²) in [6.45, 7) is 12.4. The normalized spacial score (nSPS) is 11.8. The molecule has 0 atom stereocenters. The third-order valence-corrected chi connectivity index (χ3v) is 5.69. The molecule has 0 bridgehead atoms. The summed E-state index contributed by atoms with van der Waals surface area (Å²) in [6.07, 6.45) is -2.92. The van der Waals surface area contributed by atoms with Crippen LogP contribution < -0.4 is 10.6 Å². The standard InChI is InChI=1S/C20H39FN2O3.C5H7F3O.C4H5F3O/c1-6-8-12-20(13-9-7-2,23-18(25)26-19(3,4)5)14-10-16-22-17(24)11-15-21;1-2-3-4(9)5(6,7)8;1-2-3(8)4(5,6)7/h6-16H2,1-5H3,(H,22,24)(H,23,25);2-3H2,1H3;2H2,1H3. The Morgan fingerprint density at radius 3 is 1.44 bits per heavy atom. The Morgan fingerprint density at radius 1 is 0.674 bits per heavy atom. The predicted octanol–water partition coefficient (Wildman–Crippen LogP) is 8.33. The van der Waals surface area contributed by atoms with Crippen LogP contribution in [0, 0.1) is 0 Å². The second-order valence-electron chi connectivity index (χ2n) is 11.0. The fourth-order valence-corrected chi connectivity index (χ4v) is 3.51. The summed E-state index contributed by atoms with van der Waals surface area (Å²) in [4.78, 5) is 43.4. The smallest absolute Gasteiger partial charge is 0.444 e. The lowest BCUT2D eigenvalue weighted by molar-refractivity contribution is -0.171. The molecule has 14 heteroatoms. The predicted molar refractivity (Wildman–Crippen MR) is 151 cm³/mol. The number of halogens is 7. The van der Waals surface area contributed by atoms with Gasteiger partial charge >= 0.3 is 18.4 Å². The summed E-state index contributed by atoms with van der Waals surface area (Å²) in [5.41, 5.74) is -0.856. The lowest BCUT2D eigenvalue weighted by Crippen LogP contribution is -2.50. The van der Waals surface area contributed by atoms with Crippen molar-refractivity contribution in [1.29, 1.82) is 0 Å². The average molecular weight is 641 g/mol. The minimum absolute atomic E-state index is 0.0903. The number of alkyl halides is 7. The van der Waals surface area contributed by atoms with E-state index in [1.165, 1.54) is 13.8 Å². The minimum Gasteiger partial charge on any atom is -0.444 e. The van der Waals surface area contributed by atoms with E-state index in [0.717, 1.165) is 51.4 Å². The van der Waals surface area contributed by atoms with E-state index in [-0.39, 0.29) is 30.4 Å². The topological polar surface area (TPSA) is 102 Å². The summed E-state index contributed by atoms with van der Waals surface area (Å²) in [7, 11) is 0. The molecule has 0 aliphatic rings. The molecule has 0 saturated carbocycles. The number of carbonyl (C=O) groups excluding carboxylic acids is 4. The molecule has 0 aromatic heterocycles. The third kappa shape index (κ3) is 26.9. The van der Waals surface area contributed by atoms with Crippen molar-refractivity contribution in [1.82, 2.24) is 10.6 Å². The van der Waals surface area contributed by atoms with Crippen molar-refractivity contribution >= 4 is 23.6 Å². The molecule has 0 aliphatic heterocycles. The number of amides is 2. The van der Waals surface area contributed by atoms with E-state index < -0.39 is 49.0 Å². The molecule has 0 unspecified atom stereocenters. The van der Waals surface area contributed by atoms with Crippen LogP contribution in [-0.2, 0) is 19.1 Å². The van der Waals surface area contributed by atoms with Crippen LogP contribution in [0.2, 0.25) is 0 Å². The number of carbonyl (C=O) groups is 4. The Balaban J connectivity index is -0.000000762. The fourth-order valence-electron chi connectivity index (χ4n) is 3.51. The molecule has 0 fully saturated rings. The molecule has 0 radical (unpaired) electrons. The number of ketones is 2. The van der Waals surface area contributed by atoms with Crippen LogP contribution in [0.1, 0.15) is 126 Å². The Labute approximate surface area is 251 Å². The van der Waals surface area contributed by atoms with Crippen LogP contribution >= 0.6 is 0 Å². The van der Waals surface area contributed by atoms with Gasteiger partial charge in [0.15, 0.2) is 0 Å². The number of rotatable bonds is 16. The minimum atomic E-state index is -4.63. The summed E-state index contributed by atoms with van der Waals surface area (Å²) < 4.78 is 84.8. The largest absolute Gasteiger partial charge is 0.449 e. The van der Waals surface area contributed by atoms with Crippen LogP contribution in [0.15, 0.2) is 0 Å². The van der Waals surface area contributed by atoms with Gasteiger partial charge in [-0.05, 0) is 52.9 Å². The highest BCUT2D eigenvalue weighted by molar-refractivity contribution is 5.84. The van der Waals surface area contributed by atoms with Gasteiger partial charge in [-0.3, -0.25) is 18.8 Å². The van der Waals surface area contributed by atoms with E-state index in [2.05, 4.69) is 24.5 Å². The van der Waals surface area contributed by atoms with Gasteiger partial charge < -0.3 is 15.4 Å². The second kappa shape index (κ2) is 23.0. The van der Waals surface area contributed by atoms with Crippen molar-refractivity contribution in [3.05, 3.63) is 0 Å². The van der Waals surface area contributed by atoms with Crippen molar-refractivity contribution in [2.24, 2.45) is 0 Å². The van der Waals surface area contributed by atoms with E-state index in [1.807, 2.05) is 20.8 Å². The molecule has 2 N–H and O–H groups in total. The number of unbranched alkanes of at least 4 members (excludes halogenated alkanes) is 2. The third-order valence-electron chi connectivity index (χ3n) is 5.69. The number of hydrogen-bond acceptors (Lipinski definition) is 5. The lowest BCUT2D eigenvalue weighted by atomic mass is 9.83. The first-order chi connectivity index (χ1) is 19.6. The molecule has 0 heterocycles. The number of nitrogens with one attached hydrogen (secondary N) is 2. The van der Waals surface area contributed by atoms with Crippen LogP contribution in [0.4, 0.5) is 35.5 Å².